The van der Waals surface area contributed by atoms with Crippen molar-refractivity contribution in [3.63, 3.8) is 0 Å². The summed E-state index contributed by atoms with van der Waals surface area (Å²) in [5, 5.41) is 12.1. The SMILES string of the molecule is CCOc1ccc(/C=C(\C#N)C(=O)Nc2ccc(C)cc2C)cc1. The molecule has 4 nitrogen and oxygen atoms in total. The summed E-state index contributed by atoms with van der Waals surface area (Å²) in [6, 6.07) is 15.0. The molecule has 24 heavy (non-hydrogen) atoms. The molecule has 0 aromatic heterocycles. The van der Waals surface area contributed by atoms with Crippen molar-refractivity contribution in [2.45, 2.75) is 20.8 Å². The highest BCUT2D eigenvalue weighted by atomic mass is 16.5. The molecule has 0 radical (unpaired) electrons. The number of nitriles is 1. The van der Waals surface area contributed by atoms with Crippen LogP contribution in [-0.2, 0) is 4.79 Å². The first-order chi connectivity index (χ1) is 11.5. The molecule has 1 amide bonds. The molecule has 0 saturated heterocycles. The van der Waals surface area contributed by atoms with E-state index >= 15 is 0 Å². The van der Waals surface area contributed by atoms with Gasteiger partial charge in [-0.15, -0.1) is 0 Å². The van der Waals surface area contributed by atoms with E-state index < -0.39 is 5.91 Å². The largest absolute Gasteiger partial charge is 0.494 e. The minimum Gasteiger partial charge on any atom is -0.494 e. The number of benzene rings is 2. The van der Waals surface area contributed by atoms with Crippen LogP contribution in [0.25, 0.3) is 6.08 Å². The summed E-state index contributed by atoms with van der Waals surface area (Å²) in [6.45, 7) is 6.42. The Hall–Kier alpha value is -3.06. The van der Waals surface area contributed by atoms with E-state index in [1.54, 1.807) is 6.08 Å². The van der Waals surface area contributed by atoms with E-state index in [9.17, 15) is 10.1 Å². The number of ether oxygens (including phenoxy) is 1. The summed E-state index contributed by atoms with van der Waals surface area (Å²) in [4.78, 5) is 12.3. The van der Waals surface area contributed by atoms with Gasteiger partial charge in [0.05, 0.1) is 6.61 Å². The van der Waals surface area contributed by atoms with Gasteiger partial charge in [0.15, 0.2) is 0 Å². The molecule has 1 N–H and O–H groups in total. The standard InChI is InChI=1S/C20H20N2O2/c1-4-24-18-8-6-16(7-9-18)12-17(13-21)20(23)22-19-10-5-14(2)11-15(19)3/h5-12H,4H2,1-3H3,(H,22,23)/b17-12+. The number of carbonyl (C=O) groups excluding carboxylic acids is 1. The highest BCUT2D eigenvalue weighted by Gasteiger charge is 2.11. The summed E-state index contributed by atoms with van der Waals surface area (Å²) in [6.07, 6.45) is 1.56. The Morgan fingerprint density at radius 2 is 1.92 bits per heavy atom. The smallest absolute Gasteiger partial charge is 0.266 e. The minimum absolute atomic E-state index is 0.0548. The molecule has 0 atom stereocenters. The molecule has 0 saturated carbocycles. The molecule has 2 aromatic rings. The number of nitrogens with zero attached hydrogens (tertiary/aromatic N) is 1. The predicted molar refractivity (Wildman–Crippen MR) is 95.7 cm³/mol. The van der Waals surface area contributed by atoms with Gasteiger partial charge in [-0.25, -0.2) is 0 Å². The zero-order valence-corrected chi connectivity index (χ0v) is 14.1. The van der Waals surface area contributed by atoms with Crippen LogP contribution in [-0.4, -0.2) is 12.5 Å². The lowest BCUT2D eigenvalue weighted by Crippen LogP contribution is -2.14. The zero-order valence-electron chi connectivity index (χ0n) is 14.1. The van der Waals surface area contributed by atoms with Crippen molar-refractivity contribution in [1.29, 1.82) is 5.26 Å². The molecule has 0 aliphatic heterocycles. The van der Waals surface area contributed by atoms with Gasteiger partial charge < -0.3 is 10.1 Å². The van der Waals surface area contributed by atoms with Gasteiger partial charge in [0.2, 0.25) is 0 Å². The number of hydrogen-bond acceptors (Lipinski definition) is 3. The van der Waals surface area contributed by atoms with Crippen LogP contribution in [0.1, 0.15) is 23.6 Å². The summed E-state index contributed by atoms with van der Waals surface area (Å²) < 4.78 is 5.38. The summed E-state index contributed by atoms with van der Waals surface area (Å²) >= 11 is 0. The lowest BCUT2D eigenvalue weighted by atomic mass is 10.1. The molecule has 0 aliphatic rings. The fourth-order valence-electron chi connectivity index (χ4n) is 2.29. The zero-order chi connectivity index (χ0) is 17.5. The van der Waals surface area contributed by atoms with Crippen molar-refractivity contribution < 1.29 is 9.53 Å². The number of anilines is 1. The van der Waals surface area contributed by atoms with E-state index in [2.05, 4.69) is 5.32 Å². The average molecular weight is 320 g/mol. The van der Waals surface area contributed by atoms with Crippen LogP contribution < -0.4 is 10.1 Å². The normalized spacial score (nSPS) is 10.8. The molecule has 2 rings (SSSR count). The maximum atomic E-state index is 12.3. The van der Waals surface area contributed by atoms with Gasteiger partial charge in [0, 0.05) is 5.69 Å². The quantitative estimate of drug-likeness (QED) is 0.662. The molecule has 2 aromatic carbocycles. The van der Waals surface area contributed by atoms with E-state index in [-0.39, 0.29) is 5.57 Å². The number of aryl methyl sites for hydroxylation is 2. The van der Waals surface area contributed by atoms with Crippen molar-refractivity contribution in [2.75, 3.05) is 11.9 Å². The lowest BCUT2D eigenvalue weighted by Gasteiger charge is -2.08. The third kappa shape index (κ3) is 4.47. The summed E-state index contributed by atoms with van der Waals surface area (Å²) in [5.74, 6) is 0.339. The fraction of sp³-hybridized carbons (Fsp3) is 0.200. The van der Waals surface area contributed by atoms with Gasteiger partial charge in [-0.1, -0.05) is 29.8 Å². The molecular weight excluding hydrogens is 300 g/mol. The maximum Gasteiger partial charge on any atom is 0.266 e. The molecule has 4 heteroatoms. The number of hydrogen-bond donors (Lipinski definition) is 1. The molecule has 0 heterocycles. The van der Waals surface area contributed by atoms with Crippen molar-refractivity contribution in [3.05, 3.63) is 64.7 Å². The van der Waals surface area contributed by atoms with Gasteiger partial charge in [0.25, 0.3) is 5.91 Å². The fourth-order valence-corrected chi connectivity index (χ4v) is 2.29. The molecule has 0 spiro atoms. The Balaban J connectivity index is 2.17. The van der Waals surface area contributed by atoms with Crippen LogP contribution in [0.4, 0.5) is 5.69 Å². The van der Waals surface area contributed by atoms with Crippen molar-refractivity contribution >= 4 is 17.7 Å². The molecule has 0 aliphatic carbocycles. The molecular formula is C20H20N2O2. The molecule has 0 fully saturated rings. The van der Waals surface area contributed by atoms with Crippen LogP contribution in [0, 0.1) is 25.2 Å². The Bertz CT molecular complexity index is 799. The number of rotatable bonds is 5. The van der Waals surface area contributed by atoms with Gasteiger partial charge in [-0.2, -0.15) is 5.26 Å². The third-order valence-electron chi connectivity index (χ3n) is 3.50. The summed E-state index contributed by atoms with van der Waals surface area (Å²) in [5.41, 5.74) is 3.61. The maximum absolute atomic E-state index is 12.3. The Kier molecular flexibility index (Phi) is 5.75. The average Bonchev–Trinajstić information content (AvgIpc) is 2.57. The van der Waals surface area contributed by atoms with Crippen molar-refractivity contribution in [3.8, 4) is 11.8 Å². The van der Waals surface area contributed by atoms with E-state index in [1.165, 1.54) is 0 Å². The predicted octanol–water partition coefficient (Wildman–Crippen LogP) is 4.25. The third-order valence-corrected chi connectivity index (χ3v) is 3.50. The summed E-state index contributed by atoms with van der Waals surface area (Å²) in [7, 11) is 0. The van der Waals surface area contributed by atoms with Crippen molar-refractivity contribution in [2.24, 2.45) is 0 Å². The first-order valence-corrected chi connectivity index (χ1v) is 7.76. The Morgan fingerprint density at radius 3 is 2.50 bits per heavy atom. The van der Waals surface area contributed by atoms with Crippen LogP contribution in [0.5, 0.6) is 5.75 Å². The van der Waals surface area contributed by atoms with E-state index in [0.717, 1.165) is 22.4 Å². The highest BCUT2D eigenvalue weighted by molar-refractivity contribution is 6.09. The first-order valence-electron chi connectivity index (χ1n) is 7.76. The Morgan fingerprint density at radius 1 is 1.21 bits per heavy atom. The van der Waals surface area contributed by atoms with E-state index in [4.69, 9.17) is 4.74 Å². The number of nitrogens with one attached hydrogen (secondary N) is 1. The van der Waals surface area contributed by atoms with E-state index in [0.29, 0.717) is 12.3 Å². The first kappa shape index (κ1) is 17.3. The Labute approximate surface area is 142 Å². The van der Waals surface area contributed by atoms with Gasteiger partial charge in [-0.05, 0) is 56.2 Å². The van der Waals surface area contributed by atoms with Crippen LogP contribution in [0.15, 0.2) is 48.0 Å². The second-order valence-electron chi connectivity index (χ2n) is 5.44. The van der Waals surface area contributed by atoms with E-state index in [1.807, 2.05) is 69.3 Å². The second kappa shape index (κ2) is 7.98. The monoisotopic (exact) mass is 320 g/mol. The van der Waals surface area contributed by atoms with Gasteiger partial charge in [0.1, 0.15) is 17.4 Å². The van der Waals surface area contributed by atoms with Gasteiger partial charge >= 0.3 is 0 Å². The van der Waals surface area contributed by atoms with Crippen molar-refractivity contribution in [1.82, 2.24) is 0 Å². The lowest BCUT2D eigenvalue weighted by molar-refractivity contribution is -0.112. The van der Waals surface area contributed by atoms with Crippen LogP contribution in [0.3, 0.4) is 0 Å². The van der Waals surface area contributed by atoms with Crippen LogP contribution in [0.2, 0.25) is 0 Å². The topological polar surface area (TPSA) is 62.1 Å². The molecule has 122 valence electrons. The highest BCUT2D eigenvalue weighted by Crippen LogP contribution is 2.18. The molecule has 0 unspecified atom stereocenters. The molecule has 0 bridgehead atoms. The van der Waals surface area contributed by atoms with Gasteiger partial charge in [-0.3, -0.25) is 4.79 Å². The van der Waals surface area contributed by atoms with Crippen LogP contribution >= 0.6 is 0 Å². The number of amides is 1. The second-order valence-corrected chi connectivity index (χ2v) is 5.44. The minimum atomic E-state index is -0.418. The number of carbonyl (C=O) groups is 1.